The summed E-state index contributed by atoms with van der Waals surface area (Å²) in [4.78, 5) is 13.3. The first kappa shape index (κ1) is 11.9. The lowest BCUT2D eigenvalue weighted by atomic mass is 10.1. The van der Waals surface area contributed by atoms with E-state index in [2.05, 4.69) is 6.07 Å². The lowest BCUT2D eigenvalue weighted by Crippen LogP contribution is -2.03. The number of thiophene rings is 1. The average Bonchev–Trinajstić information content (AvgIpc) is 2.89. The number of para-hydroxylation sites is 1. The minimum Gasteiger partial charge on any atom is -0.496 e. The second kappa shape index (κ2) is 5.64. The van der Waals surface area contributed by atoms with Crippen molar-refractivity contribution in [3.63, 3.8) is 0 Å². The normalized spacial score (nSPS) is 10.2. The molecule has 0 bridgehead atoms. The molecule has 0 radical (unpaired) electrons. The van der Waals surface area contributed by atoms with Gasteiger partial charge in [0.05, 0.1) is 12.7 Å². The molecule has 3 heteroatoms. The van der Waals surface area contributed by atoms with Gasteiger partial charge < -0.3 is 4.74 Å². The third-order valence-corrected chi connectivity index (χ3v) is 3.52. The number of benzene rings is 1. The maximum atomic E-state index is 12.0. The summed E-state index contributed by atoms with van der Waals surface area (Å²) in [6, 6.07) is 11.4. The molecule has 0 amide bonds. The van der Waals surface area contributed by atoms with E-state index in [0.29, 0.717) is 17.7 Å². The van der Waals surface area contributed by atoms with Crippen LogP contribution in [0, 0.1) is 0 Å². The number of ketones is 1. The van der Waals surface area contributed by atoms with Gasteiger partial charge in [0.25, 0.3) is 0 Å². The third kappa shape index (κ3) is 2.94. The first-order chi connectivity index (χ1) is 8.31. The number of carbonyl (C=O) groups is 1. The van der Waals surface area contributed by atoms with Crippen LogP contribution < -0.4 is 4.74 Å². The van der Waals surface area contributed by atoms with Gasteiger partial charge in [0.15, 0.2) is 5.78 Å². The van der Waals surface area contributed by atoms with Gasteiger partial charge in [-0.1, -0.05) is 18.2 Å². The molecule has 0 spiro atoms. The minimum absolute atomic E-state index is 0.135. The molecule has 0 aliphatic heterocycles. The minimum atomic E-state index is 0.135. The summed E-state index contributed by atoms with van der Waals surface area (Å²) in [5.74, 6) is 0.791. The van der Waals surface area contributed by atoms with Gasteiger partial charge in [-0.2, -0.15) is 0 Å². The molecule has 0 aliphatic carbocycles. The van der Waals surface area contributed by atoms with E-state index in [4.69, 9.17) is 4.74 Å². The SMILES string of the molecule is COc1ccccc1C(=O)CCc1cccs1. The van der Waals surface area contributed by atoms with Crippen LogP contribution in [-0.4, -0.2) is 12.9 Å². The van der Waals surface area contributed by atoms with Crippen molar-refractivity contribution in [2.45, 2.75) is 12.8 Å². The summed E-state index contributed by atoms with van der Waals surface area (Å²) < 4.78 is 5.19. The summed E-state index contributed by atoms with van der Waals surface area (Å²) in [5.41, 5.74) is 0.673. The molecule has 0 fully saturated rings. The molecule has 0 N–H and O–H groups in total. The molecule has 2 rings (SSSR count). The highest BCUT2D eigenvalue weighted by Crippen LogP contribution is 2.20. The van der Waals surface area contributed by atoms with E-state index < -0.39 is 0 Å². The zero-order chi connectivity index (χ0) is 12.1. The zero-order valence-electron chi connectivity index (χ0n) is 9.68. The summed E-state index contributed by atoms with van der Waals surface area (Å²) >= 11 is 1.69. The van der Waals surface area contributed by atoms with Crippen LogP contribution in [0.2, 0.25) is 0 Å². The van der Waals surface area contributed by atoms with Crippen molar-refractivity contribution in [3.05, 3.63) is 52.2 Å². The smallest absolute Gasteiger partial charge is 0.166 e. The van der Waals surface area contributed by atoms with Crippen LogP contribution in [-0.2, 0) is 6.42 Å². The molecule has 0 saturated carbocycles. The van der Waals surface area contributed by atoms with Crippen molar-refractivity contribution in [3.8, 4) is 5.75 Å². The fourth-order valence-electron chi connectivity index (χ4n) is 1.70. The Morgan fingerprint density at radius 1 is 1.24 bits per heavy atom. The van der Waals surface area contributed by atoms with Gasteiger partial charge >= 0.3 is 0 Å². The zero-order valence-corrected chi connectivity index (χ0v) is 10.5. The van der Waals surface area contributed by atoms with Gasteiger partial charge in [-0.25, -0.2) is 0 Å². The van der Waals surface area contributed by atoms with Gasteiger partial charge in [-0.15, -0.1) is 11.3 Å². The quantitative estimate of drug-likeness (QED) is 0.754. The molecule has 88 valence electrons. The van der Waals surface area contributed by atoms with Crippen LogP contribution >= 0.6 is 11.3 Å². The van der Waals surface area contributed by atoms with E-state index in [1.165, 1.54) is 4.88 Å². The van der Waals surface area contributed by atoms with Crippen molar-refractivity contribution in [2.75, 3.05) is 7.11 Å². The first-order valence-electron chi connectivity index (χ1n) is 5.50. The lowest BCUT2D eigenvalue weighted by Gasteiger charge is -2.06. The first-order valence-corrected chi connectivity index (χ1v) is 6.38. The molecule has 1 heterocycles. The molecule has 0 saturated heterocycles. The van der Waals surface area contributed by atoms with Crippen molar-refractivity contribution in [2.24, 2.45) is 0 Å². The van der Waals surface area contributed by atoms with Gasteiger partial charge in [0.2, 0.25) is 0 Å². The molecule has 17 heavy (non-hydrogen) atoms. The Morgan fingerprint density at radius 2 is 2.06 bits per heavy atom. The van der Waals surface area contributed by atoms with Crippen LogP contribution in [0.4, 0.5) is 0 Å². The van der Waals surface area contributed by atoms with Crippen LogP contribution in [0.15, 0.2) is 41.8 Å². The average molecular weight is 246 g/mol. The highest BCUT2D eigenvalue weighted by molar-refractivity contribution is 7.09. The van der Waals surface area contributed by atoms with Crippen LogP contribution in [0.25, 0.3) is 0 Å². The van der Waals surface area contributed by atoms with Gasteiger partial charge in [0, 0.05) is 11.3 Å². The van der Waals surface area contributed by atoms with Crippen molar-refractivity contribution in [1.29, 1.82) is 0 Å². The van der Waals surface area contributed by atoms with Crippen LogP contribution in [0.3, 0.4) is 0 Å². The largest absolute Gasteiger partial charge is 0.496 e. The Kier molecular flexibility index (Phi) is 3.94. The second-order valence-electron chi connectivity index (χ2n) is 3.70. The number of Topliss-reactive ketones (excluding diaryl/α,β-unsaturated/α-hetero) is 1. The van der Waals surface area contributed by atoms with Gasteiger partial charge in [-0.05, 0) is 30.0 Å². The van der Waals surface area contributed by atoms with E-state index in [0.717, 1.165) is 6.42 Å². The third-order valence-electron chi connectivity index (χ3n) is 2.59. The number of methoxy groups -OCH3 is 1. The number of carbonyl (C=O) groups excluding carboxylic acids is 1. The summed E-state index contributed by atoms with van der Waals surface area (Å²) in [6.45, 7) is 0. The fourth-order valence-corrected chi connectivity index (χ4v) is 2.41. The Bertz CT molecular complexity index is 489. The molecule has 0 unspecified atom stereocenters. The monoisotopic (exact) mass is 246 g/mol. The molecule has 1 aromatic carbocycles. The molecule has 0 atom stereocenters. The van der Waals surface area contributed by atoms with Crippen LogP contribution in [0.5, 0.6) is 5.75 Å². The highest BCUT2D eigenvalue weighted by Gasteiger charge is 2.11. The molecule has 2 nitrogen and oxygen atoms in total. The topological polar surface area (TPSA) is 26.3 Å². The molecule has 0 aliphatic rings. The van der Waals surface area contributed by atoms with Crippen LogP contribution in [0.1, 0.15) is 21.7 Å². The predicted octanol–water partition coefficient (Wildman–Crippen LogP) is 3.57. The number of hydrogen-bond acceptors (Lipinski definition) is 3. The lowest BCUT2D eigenvalue weighted by molar-refractivity contribution is 0.0980. The van der Waals surface area contributed by atoms with E-state index in [9.17, 15) is 4.79 Å². The fraction of sp³-hybridized carbons (Fsp3) is 0.214. The van der Waals surface area contributed by atoms with E-state index in [-0.39, 0.29) is 5.78 Å². The van der Waals surface area contributed by atoms with Crippen molar-refractivity contribution >= 4 is 17.1 Å². The number of rotatable bonds is 5. The number of aryl methyl sites for hydroxylation is 1. The molecule has 1 aromatic heterocycles. The summed E-state index contributed by atoms with van der Waals surface area (Å²) in [5, 5.41) is 2.03. The maximum Gasteiger partial charge on any atom is 0.166 e. The molecular weight excluding hydrogens is 232 g/mol. The predicted molar refractivity (Wildman–Crippen MR) is 70.0 cm³/mol. The summed E-state index contributed by atoms with van der Waals surface area (Å²) in [7, 11) is 1.59. The molecular formula is C14H14O2S. The van der Waals surface area contributed by atoms with E-state index >= 15 is 0 Å². The highest BCUT2D eigenvalue weighted by atomic mass is 32.1. The Labute approximate surface area is 105 Å². The van der Waals surface area contributed by atoms with E-state index in [1.807, 2.05) is 35.7 Å². The number of hydrogen-bond donors (Lipinski definition) is 0. The van der Waals surface area contributed by atoms with Gasteiger partial charge in [-0.3, -0.25) is 4.79 Å². The van der Waals surface area contributed by atoms with E-state index in [1.54, 1.807) is 18.4 Å². The Morgan fingerprint density at radius 3 is 2.76 bits per heavy atom. The molecule has 2 aromatic rings. The van der Waals surface area contributed by atoms with Gasteiger partial charge in [0.1, 0.15) is 5.75 Å². The maximum absolute atomic E-state index is 12.0. The number of ether oxygens (including phenoxy) is 1. The Balaban J connectivity index is 2.04. The second-order valence-corrected chi connectivity index (χ2v) is 4.74. The Hall–Kier alpha value is -1.61. The van der Waals surface area contributed by atoms with Crippen molar-refractivity contribution < 1.29 is 9.53 Å². The summed E-state index contributed by atoms with van der Waals surface area (Å²) in [6.07, 6.45) is 1.33. The van der Waals surface area contributed by atoms with Crippen molar-refractivity contribution in [1.82, 2.24) is 0 Å². The standard InChI is InChI=1S/C14H14O2S/c1-16-14-7-3-2-6-12(14)13(15)9-8-11-5-4-10-17-11/h2-7,10H,8-9H2,1H3.